The second kappa shape index (κ2) is 8.45. The number of hydrogen-bond acceptors (Lipinski definition) is 7. The fourth-order valence-electron chi connectivity index (χ4n) is 2.44. The molecule has 6 nitrogen and oxygen atoms in total. The van der Waals surface area contributed by atoms with Crippen LogP contribution in [0.5, 0.6) is 11.5 Å². The van der Waals surface area contributed by atoms with Gasteiger partial charge in [0.2, 0.25) is 0 Å². The van der Waals surface area contributed by atoms with Crippen molar-refractivity contribution in [1.29, 1.82) is 0 Å². The van der Waals surface area contributed by atoms with Gasteiger partial charge in [-0.2, -0.15) is 9.98 Å². The van der Waals surface area contributed by atoms with E-state index in [1.54, 1.807) is 33.1 Å². The zero-order chi connectivity index (χ0) is 19.3. The molecule has 0 amide bonds. The van der Waals surface area contributed by atoms with Crippen LogP contribution in [0.2, 0.25) is 0 Å². The van der Waals surface area contributed by atoms with Crippen molar-refractivity contribution in [3.05, 3.63) is 48.5 Å². The Labute approximate surface area is 163 Å². The molecule has 1 unspecified atom stereocenters. The fraction of sp³-hybridized carbons (Fsp3) is 0.300. The number of benzene rings is 2. The molecule has 0 N–H and O–H groups in total. The third-order valence-corrected chi connectivity index (χ3v) is 5.05. The van der Waals surface area contributed by atoms with Gasteiger partial charge in [-0.05, 0) is 55.5 Å². The molecule has 1 heterocycles. The molecule has 142 valence electrons. The summed E-state index contributed by atoms with van der Waals surface area (Å²) < 4.78 is 21.7. The molecular weight excluding hydrogens is 364 g/mol. The van der Waals surface area contributed by atoms with Gasteiger partial charge in [-0.3, -0.25) is 0 Å². The molecule has 2 aromatic rings. The molecule has 3 rings (SSSR count). The highest BCUT2D eigenvalue weighted by atomic mass is 32.2. The Kier molecular flexibility index (Phi) is 6.03. The summed E-state index contributed by atoms with van der Waals surface area (Å²) in [5, 5.41) is 0. The molecule has 0 spiro atoms. The zero-order valence-corrected chi connectivity index (χ0v) is 16.6. The highest BCUT2D eigenvalue weighted by Crippen LogP contribution is 2.30. The van der Waals surface area contributed by atoms with Gasteiger partial charge in [0.05, 0.1) is 20.6 Å². The van der Waals surface area contributed by atoms with E-state index in [1.807, 2.05) is 55.5 Å². The molecule has 27 heavy (non-hydrogen) atoms. The van der Waals surface area contributed by atoms with Gasteiger partial charge in [0.1, 0.15) is 11.5 Å². The predicted molar refractivity (Wildman–Crippen MR) is 106 cm³/mol. The lowest BCUT2D eigenvalue weighted by Gasteiger charge is -2.27. The lowest BCUT2D eigenvalue weighted by molar-refractivity contribution is 0.0136. The summed E-state index contributed by atoms with van der Waals surface area (Å²) in [7, 11) is 4.83. The van der Waals surface area contributed by atoms with Gasteiger partial charge in [0.25, 0.3) is 0 Å². The Morgan fingerprint density at radius 1 is 0.852 bits per heavy atom. The summed E-state index contributed by atoms with van der Waals surface area (Å²) in [4.78, 5) is 10.9. The maximum atomic E-state index is 5.80. The molecular formula is C20H22N2O4S. The van der Waals surface area contributed by atoms with Gasteiger partial charge in [0, 0.05) is 16.9 Å². The highest BCUT2D eigenvalue weighted by molar-refractivity contribution is 7.99. The second-order valence-corrected chi connectivity index (χ2v) is 7.16. The van der Waals surface area contributed by atoms with Crippen molar-refractivity contribution < 1.29 is 18.9 Å². The Hall–Kier alpha value is -2.51. The monoisotopic (exact) mass is 386 g/mol. The van der Waals surface area contributed by atoms with E-state index in [9.17, 15) is 0 Å². The Bertz CT molecular complexity index is 834. The van der Waals surface area contributed by atoms with Crippen LogP contribution in [0.3, 0.4) is 0 Å². The van der Waals surface area contributed by atoms with Crippen LogP contribution in [-0.4, -0.2) is 39.0 Å². The van der Waals surface area contributed by atoms with Crippen molar-refractivity contribution in [3.63, 3.8) is 0 Å². The largest absolute Gasteiger partial charge is 0.497 e. The van der Waals surface area contributed by atoms with Gasteiger partial charge in [0.15, 0.2) is 11.6 Å². The first-order valence-electron chi connectivity index (χ1n) is 8.40. The van der Waals surface area contributed by atoms with Crippen molar-refractivity contribution in [2.75, 3.05) is 21.3 Å². The van der Waals surface area contributed by atoms with Gasteiger partial charge in [-0.25, -0.2) is 0 Å². The summed E-state index contributed by atoms with van der Waals surface area (Å²) in [6.45, 7) is 1.86. The van der Waals surface area contributed by atoms with Crippen molar-refractivity contribution >= 4 is 23.7 Å². The fourth-order valence-corrected chi connectivity index (χ4v) is 3.25. The van der Waals surface area contributed by atoms with Crippen LogP contribution < -0.4 is 9.47 Å². The van der Waals surface area contributed by atoms with Crippen LogP contribution in [0.15, 0.2) is 68.3 Å². The van der Waals surface area contributed by atoms with Gasteiger partial charge in [-0.15, -0.1) is 0 Å². The Balaban J connectivity index is 1.68. The lowest BCUT2D eigenvalue weighted by Crippen LogP contribution is -2.35. The molecule has 1 atom stereocenters. The number of nitrogens with zero attached hydrogens (tertiary/aromatic N) is 2. The maximum absolute atomic E-state index is 5.80. The van der Waals surface area contributed by atoms with Crippen LogP contribution in [0.1, 0.15) is 13.3 Å². The molecule has 1 aliphatic rings. The molecule has 0 fully saturated rings. The third kappa shape index (κ3) is 5.02. The quantitative estimate of drug-likeness (QED) is 0.763. The lowest BCUT2D eigenvalue weighted by atomic mass is 10.1. The number of methoxy groups -OCH3 is 3. The summed E-state index contributed by atoms with van der Waals surface area (Å²) in [5.74, 6) is 2.01. The average molecular weight is 386 g/mol. The van der Waals surface area contributed by atoms with E-state index in [4.69, 9.17) is 18.9 Å². The van der Waals surface area contributed by atoms with E-state index >= 15 is 0 Å². The first kappa shape index (κ1) is 19.3. The number of aliphatic imine (C=N–C) groups is 2. The third-order valence-electron chi connectivity index (χ3n) is 4.04. The number of hydrogen-bond donors (Lipinski definition) is 0. The second-order valence-electron chi connectivity index (χ2n) is 6.01. The minimum atomic E-state index is -0.743. The smallest absolute Gasteiger partial charge is 0.323 e. The zero-order valence-electron chi connectivity index (χ0n) is 15.8. The molecule has 7 heteroatoms. The number of rotatable bonds is 5. The average Bonchev–Trinajstić information content (AvgIpc) is 2.69. The van der Waals surface area contributed by atoms with E-state index in [0.29, 0.717) is 18.1 Å². The first-order chi connectivity index (χ1) is 13.0. The van der Waals surface area contributed by atoms with Crippen molar-refractivity contribution in [3.8, 4) is 11.5 Å². The Morgan fingerprint density at radius 3 is 1.96 bits per heavy atom. The van der Waals surface area contributed by atoms with Crippen molar-refractivity contribution in [2.45, 2.75) is 28.9 Å². The molecule has 0 saturated heterocycles. The molecule has 2 aromatic carbocycles. The minimum Gasteiger partial charge on any atom is -0.497 e. The summed E-state index contributed by atoms with van der Waals surface area (Å²) in [6, 6.07) is 15.9. The van der Waals surface area contributed by atoms with Gasteiger partial charge >= 0.3 is 6.02 Å². The summed E-state index contributed by atoms with van der Waals surface area (Å²) >= 11 is 1.66. The van der Waals surface area contributed by atoms with E-state index in [0.717, 1.165) is 15.5 Å². The van der Waals surface area contributed by atoms with Crippen LogP contribution in [0.25, 0.3) is 0 Å². The van der Waals surface area contributed by atoms with E-state index in [1.165, 1.54) is 0 Å². The molecule has 1 aliphatic heterocycles. The summed E-state index contributed by atoms with van der Waals surface area (Å²) in [6.07, 6.45) is 0.463. The normalized spacial score (nSPS) is 19.1. The number of ether oxygens (including phenoxy) is 4. The SMILES string of the molecule is COC1=NC(Oc2ccc(Sc3ccc(OC)cc3)cc2)=NC(C)(OC)C1. The Morgan fingerprint density at radius 2 is 1.44 bits per heavy atom. The standard InChI is InChI=1S/C20H22N2O4S/c1-20(25-4)13-18(24-3)21-19(22-20)26-15-7-11-17(12-8-15)27-16-9-5-14(23-2)6-10-16/h5-12H,13H2,1-4H3. The van der Waals surface area contributed by atoms with E-state index < -0.39 is 5.72 Å². The van der Waals surface area contributed by atoms with Gasteiger partial charge < -0.3 is 18.9 Å². The van der Waals surface area contributed by atoms with Crippen molar-refractivity contribution in [2.24, 2.45) is 9.98 Å². The van der Waals surface area contributed by atoms with Crippen LogP contribution in [0, 0.1) is 0 Å². The van der Waals surface area contributed by atoms with Crippen molar-refractivity contribution in [1.82, 2.24) is 0 Å². The highest BCUT2D eigenvalue weighted by Gasteiger charge is 2.31. The van der Waals surface area contributed by atoms with Crippen LogP contribution >= 0.6 is 11.8 Å². The van der Waals surface area contributed by atoms with E-state index in [2.05, 4.69) is 9.98 Å². The van der Waals surface area contributed by atoms with Crippen LogP contribution in [-0.2, 0) is 9.47 Å². The molecule has 0 bridgehead atoms. The van der Waals surface area contributed by atoms with E-state index in [-0.39, 0.29) is 6.02 Å². The first-order valence-corrected chi connectivity index (χ1v) is 9.21. The molecule has 0 radical (unpaired) electrons. The van der Waals surface area contributed by atoms with Crippen LogP contribution in [0.4, 0.5) is 0 Å². The molecule has 0 aliphatic carbocycles. The molecule has 0 aromatic heterocycles. The molecule has 0 saturated carbocycles. The summed E-state index contributed by atoms with van der Waals surface area (Å²) in [5.41, 5.74) is -0.743. The minimum absolute atomic E-state index is 0.220. The topological polar surface area (TPSA) is 61.6 Å². The predicted octanol–water partition coefficient (Wildman–Crippen LogP) is 4.39. The van der Waals surface area contributed by atoms with Gasteiger partial charge in [-0.1, -0.05) is 11.8 Å². The number of amidine groups is 1. The maximum Gasteiger partial charge on any atom is 0.323 e.